The first-order chi connectivity index (χ1) is 8.08. The van der Waals surface area contributed by atoms with E-state index in [0.29, 0.717) is 16.5 Å². The minimum atomic E-state index is 0.00717. The van der Waals surface area contributed by atoms with Crippen molar-refractivity contribution in [3.05, 3.63) is 23.8 Å². The predicted molar refractivity (Wildman–Crippen MR) is 69.3 cm³/mol. The summed E-state index contributed by atoms with van der Waals surface area (Å²) in [6.45, 7) is 1.49. The Hall–Kier alpha value is -1.20. The molecule has 1 aromatic rings. The first-order valence-corrected chi connectivity index (χ1v) is 6.31. The topological polar surface area (TPSA) is 55.6 Å². The molecule has 5 heteroatoms. The number of anilines is 1. The number of benzene rings is 1. The van der Waals surface area contributed by atoms with Crippen molar-refractivity contribution in [3.63, 3.8) is 0 Å². The summed E-state index contributed by atoms with van der Waals surface area (Å²) in [6.07, 6.45) is 0. The van der Waals surface area contributed by atoms with Crippen molar-refractivity contribution >= 4 is 23.4 Å². The highest BCUT2D eigenvalue weighted by Gasteiger charge is 2.23. The molecule has 0 radical (unpaired) electrons. The molecule has 0 atom stereocenters. The van der Waals surface area contributed by atoms with Crippen LogP contribution in [0.25, 0.3) is 0 Å². The minimum absolute atomic E-state index is 0.00717. The van der Waals surface area contributed by atoms with Crippen molar-refractivity contribution in [2.24, 2.45) is 0 Å². The van der Waals surface area contributed by atoms with Crippen LogP contribution in [0.2, 0.25) is 0 Å². The van der Waals surface area contributed by atoms with E-state index < -0.39 is 0 Å². The van der Waals surface area contributed by atoms with E-state index in [-0.39, 0.29) is 5.91 Å². The third-order valence-electron chi connectivity index (χ3n) is 2.54. The second kappa shape index (κ2) is 4.98. The fourth-order valence-corrected chi connectivity index (χ4v) is 2.69. The number of rotatable bonds is 3. The van der Waals surface area contributed by atoms with Crippen molar-refractivity contribution in [1.82, 2.24) is 4.90 Å². The number of amides is 1. The first kappa shape index (κ1) is 12.3. The molecule has 0 saturated carbocycles. The number of nitrogens with zero attached hydrogens (tertiary/aromatic N) is 1. The van der Waals surface area contributed by atoms with Gasteiger partial charge in [-0.25, -0.2) is 0 Å². The average molecular weight is 252 g/mol. The van der Waals surface area contributed by atoms with Crippen LogP contribution in [0.4, 0.5) is 5.69 Å². The van der Waals surface area contributed by atoms with Gasteiger partial charge in [0.05, 0.1) is 24.0 Å². The molecule has 0 aromatic heterocycles. The SMILES string of the molecule is CN(C)C(=O)c1ccc(N)cc1SC1COC1. The van der Waals surface area contributed by atoms with Gasteiger partial charge in [-0.3, -0.25) is 4.79 Å². The van der Waals surface area contributed by atoms with E-state index in [1.165, 1.54) is 0 Å². The second-order valence-electron chi connectivity index (χ2n) is 4.23. The number of nitrogens with two attached hydrogens (primary N) is 1. The Morgan fingerprint density at radius 1 is 1.47 bits per heavy atom. The molecule has 0 unspecified atom stereocenters. The predicted octanol–water partition coefficient (Wildman–Crippen LogP) is 1.46. The molecular weight excluding hydrogens is 236 g/mol. The number of ether oxygens (including phenoxy) is 1. The number of carbonyl (C=O) groups is 1. The van der Waals surface area contributed by atoms with Crippen LogP contribution in [0.5, 0.6) is 0 Å². The molecule has 1 heterocycles. The Labute approximate surface area is 105 Å². The fraction of sp³-hybridized carbons (Fsp3) is 0.417. The molecule has 1 saturated heterocycles. The van der Waals surface area contributed by atoms with E-state index in [0.717, 1.165) is 18.1 Å². The van der Waals surface area contributed by atoms with Gasteiger partial charge >= 0.3 is 0 Å². The smallest absolute Gasteiger partial charge is 0.254 e. The Morgan fingerprint density at radius 3 is 2.71 bits per heavy atom. The van der Waals surface area contributed by atoms with Gasteiger partial charge in [0.25, 0.3) is 5.91 Å². The summed E-state index contributed by atoms with van der Waals surface area (Å²) in [5.41, 5.74) is 7.16. The van der Waals surface area contributed by atoms with Gasteiger partial charge in [-0.2, -0.15) is 0 Å². The summed E-state index contributed by atoms with van der Waals surface area (Å²) in [6, 6.07) is 5.41. The molecule has 1 aliphatic heterocycles. The molecule has 1 fully saturated rings. The standard InChI is InChI=1S/C12H16N2O2S/c1-14(2)12(15)10-4-3-8(13)5-11(10)17-9-6-16-7-9/h3-5,9H,6-7,13H2,1-2H3. The lowest BCUT2D eigenvalue weighted by Gasteiger charge is -2.26. The Bertz CT molecular complexity index is 431. The molecule has 1 aromatic carbocycles. The van der Waals surface area contributed by atoms with Crippen LogP contribution in [0, 0.1) is 0 Å². The van der Waals surface area contributed by atoms with E-state index >= 15 is 0 Å². The quantitative estimate of drug-likeness (QED) is 0.828. The molecule has 2 N–H and O–H groups in total. The van der Waals surface area contributed by atoms with Gasteiger partial charge < -0.3 is 15.4 Å². The van der Waals surface area contributed by atoms with Gasteiger partial charge in [-0.05, 0) is 18.2 Å². The van der Waals surface area contributed by atoms with Gasteiger partial charge in [0, 0.05) is 24.7 Å². The van der Waals surface area contributed by atoms with Crippen LogP contribution in [0.15, 0.2) is 23.1 Å². The zero-order valence-electron chi connectivity index (χ0n) is 9.97. The number of hydrogen-bond acceptors (Lipinski definition) is 4. The summed E-state index contributed by atoms with van der Waals surface area (Å²) in [7, 11) is 3.50. The minimum Gasteiger partial charge on any atom is -0.399 e. The average Bonchev–Trinajstić information content (AvgIpc) is 2.22. The number of hydrogen-bond donors (Lipinski definition) is 1. The zero-order valence-corrected chi connectivity index (χ0v) is 10.8. The lowest BCUT2D eigenvalue weighted by Crippen LogP contribution is -2.30. The highest BCUT2D eigenvalue weighted by molar-refractivity contribution is 8.00. The number of thioether (sulfide) groups is 1. The number of carbonyl (C=O) groups excluding carboxylic acids is 1. The lowest BCUT2D eigenvalue weighted by molar-refractivity contribution is 0.0455. The summed E-state index contributed by atoms with van der Waals surface area (Å²) >= 11 is 1.66. The maximum atomic E-state index is 12.0. The van der Waals surface area contributed by atoms with Crippen LogP contribution < -0.4 is 5.73 Å². The van der Waals surface area contributed by atoms with Crippen molar-refractivity contribution < 1.29 is 9.53 Å². The maximum absolute atomic E-state index is 12.0. The van der Waals surface area contributed by atoms with Crippen LogP contribution in [0.3, 0.4) is 0 Å². The number of nitrogen functional groups attached to an aromatic ring is 1. The monoisotopic (exact) mass is 252 g/mol. The molecular formula is C12H16N2O2S. The largest absolute Gasteiger partial charge is 0.399 e. The van der Waals surface area contributed by atoms with Crippen LogP contribution in [-0.2, 0) is 4.74 Å². The fourth-order valence-electron chi connectivity index (χ4n) is 1.52. The van der Waals surface area contributed by atoms with Crippen molar-refractivity contribution in [3.8, 4) is 0 Å². The van der Waals surface area contributed by atoms with E-state index in [4.69, 9.17) is 10.5 Å². The third-order valence-corrected chi connectivity index (χ3v) is 3.74. The van der Waals surface area contributed by atoms with E-state index in [1.807, 2.05) is 6.07 Å². The Balaban J connectivity index is 2.26. The van der Waals surface area contributed by atoms with Crippen molar-refractivity contribution in [1.29, 1.82) is 0 Å². The highest BCUT2D eigenvalue weighted by Crippen LogP contribution is 2.32. The summed E-state index contributed by atoms with van der Waals surface area (Å²) < 4.78 is 5.14. The molecule has 0 aliphatic carbocycles. The normalized spacial score (nSPS) is 15.4. The second-order valence-corrected chi connectivity index (χ2v) is 5.57. The third kappa shape index (κ3) is 2.73. The van der Waals surface area contributed by atoms with Crippen LogP contribution >= 0.6 is 11.8 Å². The molecule has 92 valence electrons. The van der Waals surface area contributed by atoms with Gasteiger partial charge in [-0.1, -0.05) is 0 Å². The van der Waals surface area contributed by atoms with E-state index in [9.17, 15) is 4.79 Å². The molecule has 0 bridgehead atoms. The van der Waals surface area contributed by atoms with Crippen molar-refractivity contribution in [2.45, 2.75) is 10.1 Å². The Morgan fingerprint density at radius 2 is 2.18 bits per heavy atom. The maximum Gasteiger partial charge on any atom is 0.254 e. The van der Waals surface area contributed by atoms with Crippen molar-refractivity contribution in [2.75, 3.05) is 33.0 Å². The molecule has 4 nitrogen and oxygen atoms in total. The summed E-state index contributed by atoms with van der Waals surface area (Å²) in [5, 5.41) is 0.436. The molecule has 1 aliphatic rings. The van der Waals surface area contributed by atoms with Gasteiger partial charge in [-0.15, -0.1) is 11.8 Å². The molecule has 1 amide bonds. The van der Waals surface area contributed by atoms with Crippen LogP contribution in [0.1, 0.15) is 10.4 Å². The summed E-state index contributed by atoms with van der Waals surface area (Å²) in [4.78, 5) is 14.5. The first-order valence-electron chi connectivity index (χ1n) is 5.43. The molecule has 2 rings (SSSR count). The molecule has 0 spiro atoms. The van der Waals surface area contributed by atoms with Gasteiger partial charge in [0.15, 0.2) is 0 Å². The Kier molecular flexibility index (Phi) is 3.59. The van der Waals surface area contributed by atoms with Gasteiger partial charge in [0.2, 0.25) is 0 Å². The van der Waals surface area contributed by atoms with Gasteiger partial charge in [0.1, 0.15) is 0 Å². The molecule has 17 heavy (non-hydrogen) atoms. The zero-order chi connectivity index (χ0) is 12.4. The van der Waals surface area contributed by atoms with Crippen LogP contribution in [-0.4, -0.2) is 43.4 Å². The van der Waals surface area contributed by atoms with E-state index in [1.54, 1.807) is 42.9 Å². The highest BCUT2D eigenvalue weighted by atomic mass is 32.2. The lowest BCUT2D eigenvalue weighted by atomic mass is 10.2. The van der Waals surface area contributed by atoms with E-state index in [2.05, 4.69) is 0 Å². The summed E-state index contributed by atoms with van der Waals surface area (Å²) in [5.74, 6) is 0.00717.